The summed E-state index contributed by atoms with van der Waals surface area (Å²) in [5.74, 6) is 0.222. The molecule has 0 aliphatic heterocycles. The van der Waals surface area contributed by atoms with E-state index in [2.05, 4.69) is 20.3 Å². The van der Waals surface area contributed by atoms with Crippen LogP contribution < -0.4 is 9.62 Å². The standard InChI is InChI=1S/C29H24N6O5S/c1-16-7-9-17(10-8-16)26-25(28(36)30-2)19-12-18(22(13-24(19)39-26)35(3)41(4,37)38)20-14-31-15-21(33-20)29-34-27-23(40-29)6-5-11-32-27/h5-15H,1-4H3,(H,30,36). The molecule has 0 aliphatic carbocycles. The van der Waals surface area contributed by atoms with E-state index >= 15 is 0 Å². The number of rotatable bonds is 6. The lowest BCUT2D eigenvalue weighted by atomic mass is 10.0. The quantitative estimate of drug-likeness (QED) is 0.299. The van der Waals surface area contributed by atoms with Gasteiger partial charge in [-0.05, 0) is 25.1 Å². The third-order valence-corrected chi connectivity index (χ3v) is 7.90. The minimum Gasteiger partial charge on any atom is -0.455 e. The summed E-state index contributed by atoms with van der Waals surface area (Å²) in [6.07, 6.45) is 5.71. The molecule has 4 heterocycles. The fourth-order valence-corrected chi connectivity index (χ4v) is 5.02. The number of furan rings is 1. The Balaban J connectivity index is 1.61. The number of carbonyl (C=O) groups is 1. The van der Waals surface area contributed by atoms with Crippen molar-refractivity contribution < 1.29 is 22.0 Å². The van der Waals surface area contributed by atoms with Crippen LogP contribution in [0.5, 0.6) is 0 Å². The summed E-state index contributed by atoms with van der Waals surface area (Å²) in [5.41, 5.74) is 4.69. The molecule has 0 radical (unpaired) electrons. The number of nitrogens with one attached hydrogen (secondary N) is 1. The minimum absolute atomic E-state index is 0.211. The van der Waals surface area contributed by atoms with E-state index in [0.29, 0.717) is 61.7 Å². The van der Waals surface area contributed by atoms with Gasteiger partial charge in [0.15, 0.2) is 11.2 Å². The van der Waals surface area contributed by atoms with E-state index in [0.717, 1.165) is 16.1 Å². The van der Waals surface area contributed by atoms with Crippen molar-refractivity contribution in [3.8, 4) is 34.2 Å². The molecule has 2 aromatic carbocycles. The number of nitrogens with zero attached hydrogens (tertiary/aromatic N) is 5. The van der Waals surface area contributed by atoms with Gasteiger partial charge in [0, 0.05) is 42.9 Å². The van der Waals surface area contributed by atoms with Crippen molar-refractivity contribution in [3.05, 3.63) is 78.2 Å². The van der Waals surface area contributed by atoms with Crippen LogP contribution in [0.1, 0.15) is 15.9 Å². The maximum atomic E-state index is 13.2. The van der Waals surface area contributed by atoms with E-state index in [1.54, 1.807) is 30.5 Å². The lowest BCUT2D eigenvalue weighted by Gasteiger charge is -2.20. The molecule has 0 unspecified atom stereocenters. The van der Waals surface area contributed by atoms with Crippen LogP contribution in [0.25, 0.3) is 56.4 Å². The Morgan fingerprint density at radius 3 is 2.44 bits per heavy atom. The second-order valence-corrected chi connectivity index (χ2v) is 11.5. The summed E-state index contributed by atoms with van der Waals surface area (Å²) in [6.45, 7) is 1.97. The van der Waals surface area contributed by atoms with E-state index in [4.69, 9.17) is 13.8 Å². The minimum atomic E-state index is -3.69. The third-order valence-electron chi connectivity index (χ3n) is 6.71. The number of hydrogen-bond donors (Lipinski definition) is 1. The van der Waals surface area contributed by atoms with Crippen molar-refractivity contribution in [1.29, 1.82) is 0 Å². The maximum Gasteiger partial charge on any atom is 0.255 e. The van der Waals surface area contributed by atoms with Gasteiger partial charge >= 0.3 is 0 Å². The van der Waals surface area contributed by atoms with Gasteiger partial charge in [0.25, 0.3) is 5.91 Å². The molecule has 1 amide bonds. The zero-order valence-corrected chi connectivity index (χ0v) is 23.4. The molecule has 0 spiro atoms. The zero-order chi connectivity index (χ0) is 28.9. The average molecular weight is 569 g/mol. The van der Waals surface area contributed by atoms with Crippen LogP contribution in [0.15, 0.2) is 76.0 Å². The number of amides is 1. The first-order valence-electron chi connectivity index (χ1n) is 12.5. The normalized spacial score (nSPS) is 11.7. The fraction of sp³-hybridized carbons (Fsp3) is 0.138. The SMILES string of the molecule is CNC(=O)c1c(-c2ccc(C)cc2)oc2cc(N(C)S(C)(=O)=O)c(-c3cncc(-c4nc5ncccc5o4)n3)cc12. The van der Waals surface area contributed by atoms with Crippen LogP contribution in [-0.4, -0.2) is 54.6 Å². The molecule has 0 saturated heterocycles. The van der Waals surface area contributed by atoms with Crippen LogP contribution in [0.2, 0.25) is 0 Å². The van der Waals surface area contributed by atoms with Crippen molar-refractivity contribution in [2.24, 2.45) is 0 Å². The highest BCUT2D eigenvalue weighted by Gasteiger charge is 2.26. The van der Waals surface area contributed by atoms with Crippen LogP contribution in [-0.2, 0) is 10.0 Å². The number of fused-ring (bicyclic) bond motifs is 2. The highest BCUT2D eigenvalue weighted by molar-refractivity contribution is 7.92. The van der Waals surface area contributed by atoms with Gasteiger partial charge in [-0.3, -0.25) is 14.1 Å². The van der Waals surface area contributed by atoms with Gasteiger partial charge in [-0.1, -0.05) is 29.8 Å². The van der Waals surface area contributed by atoms with Gasteiger partial charge in [0.2, 0.25) is 15.9 Å². The van der Waals surface area contributed by atoms with Gasteiger partial charge in [0.1, 0.15) is 17.0 Å². The largest absolute Gasteiger partial charge is 0.455 e. The van der Waals surface area contributed by atoms with E-state index in [-0.39, 0.29) is 11.8 Å². The number of aromatic nitrogens is 4. The van der Waals surface area contributed by atoms with Gasteiger partial charge in [-0.2, -0.15) is 4.98 Å². The first-order chi connectivity index (χ1) is 19.6. The number of hydrogen-bond acceptors (Lipinski definition) is 9. The predicted octanol–water partition coefficient (Wildman–Crippen LogP) is 4.82. The highest BCUT2D eigenvalue weighted by atomic mass is 32.2. The van der Waals surface area contributed by atoms with Crippen LogP contribution in [0, 0.1) is 6.92 Å². The summed E-state index contributed by atoms with van der Waals surface area (Å²) in [5, 5.41) is 3.17. The molecule has 0 bridgehead atoms. The third kappa shape index (κ3) is 4.67. The number of sulfonamides is 1. The molecule has 0 fully saturated rings. The van der Waals surface area contributed by atoms with Crippen molar-refractivity contribution >= 4 is 43.8 Å². The summed E-state index contributed by atoms with van der Waals surface area (Å²) in [4.78, 5) is 30.8. The number of benzene rings is 2. The molecule has 0 atom stereocenters. The maximum absolute atomic E-state index is 13.2. The first-order valence-corrected chi connectivity index (χ1v) is 14.4. The Labute approximate surface area is 234 Å². The highest BCUT2D eigenvalue weighted by Crippen LogP contribution is 2.41. The summed E-state index contributed by atoms with van der Waals surface area (Å²) in [6, 6.07) is 14.4. The molecule has 206 valence electrons. The molecule has 0 aliphatic rings. The van der Waals surface area contributed by atoms with E-state index in [1.807, 2.05) is 31.2 Å². The van der Waals surface area contributed by atoms with E-state index in [1.165, 1.54) is 26.5 Å². The number of carbonyl (C=O) groups excluding carboxylic acids is 1. The van der Waals surface area contributed by atoms with E-state index in [9.17, 15) is 13.2 Å². The first kappa shape index (κ1) is 26.1. The van der Waals surface area contributed by atoms with Gasteiger partial charge < -0.3 is 14.2 Å². The molecule has 6 rings (SSSR count). The van der Waals surface area contributed by atoms with Gasteiger partial charge in [-0.25, -0.2) is 18.4 Å². The van der Waals surface area contributed by atoms with Crippen LogP contribution in [0.4, 0.5) is 5.69 Å². The number of oxazole rings is 1. The molecule has 41 heavy (non-hydrogen) atoms. The number of aryl methyl sites for hydroxylation is 1. The number of anilines is 1. The van der Waals surface area contributed by atoms with Crippen LogP contribution in [0.3, 0.4) is 0 Å². The molecule has 12 heteroatoms. The van der Waals surface area contributed by atoms with Gasteiger partial charge in [-0.15, -0.1) is 0 Å². The summed E-state index contributed by atoms with van der Waals surface area (Å²) < 4.78 is 38.5. The molecule has 1 N–H and O–H groups in total. The van der Waals surface area contributed by atoms with Gasteiger partial charge in [0.05, 0.1) is 35.6 Å². The summed E-state index contributed by atoms with van der Waals surface area (Å²) >= 11 is 0. The molecular formula is C29H24N6O5S. The molecule has 6 aromatic rings. The van der Waals surface area contributed by atoms with Crippen molar-refractivity contribution in [2.45, 2.75) is 6.92 Å². The second kappa shape index (κ2) is 9.82. The van der Waals surface area contributed by atoms with E-state index < -0.39 is 10.0 Å². The smallest absolute Gasteiger partial charge is 0.255 e. The Morgan fingerprint density at radius 2 is 1.73 bits per heavy atom. The Morgan fingerprint density at radius 1 is 0.976 bits per heavy atom. The fourth-order valence-electron chi connectivity index (χ4n) is 4.51. The molecule has 11 nitrogen and oxygen atoms in total. The Bertz CT molecular complexity index is 2030. The van der Waals surface area contributed by atoms with Crippen molar-refractivity contribution in [2.75, 3.05) is 24.7 Å². The second-order valence-electron chi connectivity index (χ2n) is 9.48. The molecule has 0 saturated carbocycles. The van der Waals surface area contributed by atoms with Crippen molar-refractivity contribution in [1.82, 2.24) is 25.3 Å². The lowest BCUT2D eigenvalue weighted by molar-refractivity contribution is 0.0964. The van der Waals surface area contributed by atoms with Crippen LogP contribution >= 0.6 is 0 Å². The Hall–Kier alpha value is -5.10. The average Bonchev–Trinajstić information content (AvgIpc) is 3.57. The van der Waals surface area contributed by atoms with Crippen molar-refractivity contribution in [3.63, 3.8) is 0 Å². The predicted molar refractivity (Wildman–Crippen MR) is 155 cm³/mol. The molecule has 4 aromatic heterocycles. The lowest BCUT2D eigenvalue weighted by Crippen LogP contribution is -2.25. The Kier molecular flexibility index (Phi) is 6.26. The monoisotopic (exact) mass is 568 g/mol. The number of pyridine rings is 1. The summed E-state index contributed by atoms with van der Waals surface area (Å²) in [7, 11) is -0.714. The topological polar surface area (TPSA) is 144 Å². The molecular weight excluding hydrogens is 544 g/mol. The zero-order valence-electron chi connectivity index (χ0n) is 22.5.